The lowest BCUT2D eigenvalue weighted by molar-refractivity contribution is -0.125. The summed E-state index contributed by atoms with van der Waals surface area (Å²) >= 11 is 0. The molecule has 2 unspecified atom stereocenters. The summed E-state index contributed by atoms with van der Waals surface area (Å²) in [4.78, 5) is 30.2. The summed E-state index contributed by atoms with van der Waals surface area (Å²) in [6.45, 7) is 10.5. The zero-order chi connectivity index (χ0) is 19.5. The lowest BCUT2D eigenvalue weighted by Gasteiger charge is -2.40. The van der Waals surface area contributed by atoms with E-state index in [1.807, 2.05) is 6.92 Å². The maximum Gasteiger partial charge on any atom is 0.322 e. The lowest BCUT2D eigenvalue weighted by Crippen LogP contribution is -2.56. The second-order valence-corrected chi connectivity index (χ2v) is 8.39. The fourth-order valence-electron chi connectivity index (χ4n) is 3.77. The highest BCUT2D eigenvalue weighted by atomic mass is 16.5. The molecule has 2 saturated heterocycles. The Morgan fingerprint density at radius 3 is 2.42 bits per heavy atom. The van der Waals surface area contributed by atoms with E-state index in [0.717, 1.165) is 31.9 Å². The van der Waals surface area contributed by atoms with Gasteiger partial charge in [0, 0.05) is 33.8 Å². The molecule has 0 aliphatic carbocycles. The molecule has 2 atom stereocenters. The summed E-state index contributed by atoms with van der Waals surface area (Å²) in [5.74, 6) is 0.737. The third kappa shape index (κ3) is 4.28. The zero-order valence-electron chi connectivity index (χ0n) is 16.8. The minimum atomic E-state index is -0.812. The highest BCUT2D eigenvalue weighted by Gasteiger charge is 2.48. The summed E-state index contributed by atoms with van der Waals surface area (Å²) in [5, 5.41) is 8.55. The number of nitrogens with zero attached hydrogens (tertiary/aromatic N) is 2. The van der Waals surface area contributed by atoms with Crippen molar-refractivity contribution in [2.75, 3.05) is 33.8 Å². The molecule has 0 aromatic rings. The predicted molar refractivity (Wildman–Crippen MR) is 101 cm³/mol. The molecule has 2 fully saturated rings. The minimum Gasteiger partial charge on any atom is -0.379 e. The number of guanidine groups is 1. The van der Waals surface area contributed by atoms with Gasteiger partial charge in [0.15, 0.2) is 5.96 Å². The van der Waals surface area contributed by atoms with Crippen LogP contribution in [0.2, 0.25) is 0 Å². The van der Waals surface area contributed by atoms with Gasteiger partial charge in [-0.25, -0.2) is 4.79 Å². The van der Waals surface area contributed by atoms with Gasteiger partial charge in [-0.1, -0.05) is 20.8 Å². The number of hydrogen-bond acceptors (Lipinski definition) is 4. The molecule has 8 heteroatoms. The number of carbonyl (C=O) groups is 2. The van der Waals surface area contributed by atoms with Gasteiger partial charge >= 0.3 is 6.03 Å². The fourth-order valence-corrected chi connectivity index (χ4v) is 3.77. The third-order valence-corrected chi connectivity index (χ3v) is 5.59. The van der Waals surface area contributed by atoms with Crippen LogP contribution in [0.15, 0.2) is 4.99 Å². The number of urea groups is 1. The predicted octanol–water partition coefficient (Wildman–Crippen LogP) is 0.933. The Kier molecular flexibility index (Phi) is 6.16. The van der Waals surface area contributed by atoms with Crippen molar-refractivity contribution >= 4 is 17.9 Å². The van der Waals surface area contributed by atoms with Crippen LogP contribution in [0.5, 0.6) is 0 Å². The van der Waals surface area contributed by atoms with Crippen LogP contribution in [-0.4, -0.2) is 68.2 Å². The van der Waals surface area contributed by atoms with E-state index < -0.39 is 11.6 Å². The van der Waals surface area contributed by atoms with E-state index >= 15 is 0 Å². The normalized spacial score (nSPS) is 26.5. The minimum absolute atomic E-state index is 0.0379. The van der Waals surface area contributed by atoms with Gasteiger partial charge in [-0.3, -0.25) is 15.1 Å². The van der Waals surface area contributed by atoms with E-state index in [1.54, 1.807) is 14.2 Å². The molecule has 148 valence electrons. The first kappa shape index (κ1) is 20.5. The molecule has 8 nitrogen and oxygen atoms in total. The Bertz CT molecular complexity index is 564. The highest BCUT2D eigenvalue weighted by molar-refractivity contribution is 6.07. The van der Waals surface area contributed by atoms with Crippen LogP contribution in [0.3, 0.4) is 0 Å². The molecule has 2 aliphatic rings. The van der Waals surface area contributed by atoms with Crippen molar-refractivity contribution in [1.29, 1.82) is 0 Å². The van der Waals surface area contributed by atoms with E-state index in [-0.39, 0.29) is 23.3 Å². The summed E-state index contributed by atoms with van der Waals surface area (Å²) in [6.07, 6.45) is 1.71. The van der Waals surface area contributed by atoms with Crippen molar-refractivity contribution in [3.05, 3.63) is 0 Å². The Morgan fingerprint density at radius 1 is 1.38 bits per heavy atom. The smallest absolute Gasteiger partial charge is 0.322 e. The van der Waals surface area contributed by atoms with Gasteiger partial charge in [0.2, 0.25) is 0 Å². The topological polar surface area (TPSA) is 95.1 Å². The van der Waals surface area contributed by atoms with Crippen LogP contribution in [0.25, 0.3) is 0 Å². The van der Waals surface area contributed by atoms with Gasteiger partial charge in [0.25, 0.3) is 5.91 Å². The molecule has 0 radical (unpaired) electrons. The highest BCUT2D eigenvalue weighted by Crippen LogP contribution is 2.30. The first-order chi connectivity index (χ1) is 12.1. The number of likely N-dealkylation sites (tertiary alicyclic amines) is 1. The largest absolute Gasteiger partial charge is 0.379 e. The summed E-state index contributed by atoms with van der Waals surface area (Å²) in [5.41, 5.74) is -0.774. The summed E-state index contributed by atoms with van der Waals surface area (Å²) in [7, 11) is 3.51. The molecule has 26 heavy (non-hydrogen) atoms. The Morgan fingerprint density at radius 2 is 2.00 bits per heavy atom. The van der Waals surface area contributed by atoms with Crippen molar-refractivity contribution in [2.24, 2.45) is 16.3 Å². The molecular formula is C18H33N5O3. The van der Waals surface area contributed by atoms with E-state index in [1.165, 1.54) is 0 Å². The van der Waals surface area contributed by atoms with Gasteiger partial charge in [0.1, 0.15) is 5.54 Å². The lowest BCUT2D eigenvalue weighted by atomic mass is 9.79. The van der Waals surface area contributed by atoms with Crippen LogP contribution in [0, 0.1) is 11.3 Å². The number of piperidine rings is 1. The molecule has 0 aromatic carbocycles. The number of carbonyl (C=O) groups excluding carboxylic acids is 2. The second-order valence-electron chi connectivity index (χ2n) is 8.39. The molecule has 0 aromatic heterocycles. The molecule has 3 N–H and O–H groups in total. The second kappa shape index (κ2) is 7.82. The van der Waals surface area contributed by atoms with Crippen LogP contribution < -0.4 is 16.0 Å². The van der Waals surface area contributed by atoms with E-state index in [2.05, 4.69) is 46.6 Å². The van der Waals surface area contributed by atoms with Crippen molar-refractivity contribution in [1.82, 2.24) is 20.9 Å². The SMILES string of the molecule is CN=C(NCC(OC)C(C)(C)C)N1CCC(C2(C)NC(=O)NC2=O)CC1. The quantitative estimate of drug-likeness (QED) is 0.390. The maximum atomic E-state index is 12.1. The number of amides is 3. The van der Waals surface area contributed by atoms with E-state index in [9.17, 15) is 9.59 Å². The van der Waals surface area contributed by atoms with Gasteiger partial charge in [-0.05, 0) is 31.1 Å². The number of ether oxygens (including phenoxy) is 1. The molecule has 0 spiro atoms. The van der Waals surface area contributed by atoms with Crippen LogP contribution in [-0.2, 0) is 9.53 Å². The first-order valence-electron chi connectivity index (χ1n) is 9.23. The third-order valence-electron chi connectivity index (χ3n) is 5.59. The Balaban J connectivity index is 1.91. The average Bonchev–Trinajstić information content (AvgIpc) is 2.84. The molecule has 0 bridgehead atoms. The standard InChI is InChI=1S/C18H33N5O3/c1-17(2,3)13(26-6)11-20-15(19-5)23-9-7-12(8-10-23)18(4)14(24)21-16(25)22-18/h12-13H,7-11H2,1-6H3,(H,19,20)(H2,21,22,24,25). The van der Waals surface area contributed by atoms with E-state index in [4.69, 9.17) is 4.74 Å². The number of imide groups is 1. The van der Waals surface area contributed by atoms with Gasteiger partial charge < -0.3 is 20.3 Å². The summed E-state index contributed by atoms with van der Waals surface area (Å²) in [6, 6.07) is -0.398. The number of rotatable bonds is 4. The fraction of sp³-hybridized carbons (Fsp3) is 0.833. The van der Waals surface area contributed by atoms with Crippen molar-refractivity contribution in [3.8, 4) is 0 Å². The molecule has 2 rings (SSSR count). The zero-order valence-corrected chi connectivity index (χ0v) is 16.8. The average molecular weight is 367 g/mol. The van der Waals surface area contributed by atoms with Gasteiger partial charge in [0.05, 0.1) is 6.10 Å². The molecule has 3 amide bonds. The Hall–Kier alpha value is -1.83. The van der Waals surface area contributed by atoms with Gasteiger partial charge in [-0.15, -0.1) is 0 Å². The van der Waals surface area contributed by atoms with Gasteiger partial charge in [-0.2, -0.15) is 0 Å². The number of hydrogen-bond donors (Lipinski definition) is 3. The van der Waals surface area contributed by atoms with Crippen LogP contribution >= 0.6 is 0 Å². The molecule has 2 heterocycles. The number of methoxy groups -OCH3 is 1. The number of aliphatic imine (C=N–C) groups is 1. The van der Waals surface area contributed by atoms with Crippen molar-refractivity contribution < 1.29 is 14.3 Å². The van der Waals surface area contributed by atoms with E-state index in [0.29, 0.717) is 6.54 Å². The first-order valence-corrected chi connectivity index (χ1v) is 9.23. The van der Waals surface area contributed by atoms with Crippen LogP contribution in [0.1, 0.15) is 40.5 Å². The Labute approximate surface area is 156 Å². The summed E-state index contributed by atoms with van der Waals surface area (Å²) < 4.78 is 5.60. The monoisotopic (exact) mass is 367 g/mol. The van der Waals surface area contributed by atoms with Crippen LogP contribution in [0.4, 0.5) is 4.79 Å². The van der Waals surface area contributed by atoms with Crippen molar-refractivity contribution in [3.63, 3.8) is 0 Å². The molecule has 0 saturated carbocycles. The molecular weight excluding hydrogens is 334 g/mol. The number of nitrogens with one attached hydrogen (secondary N) is 3. The molecule has 2 aliphatic heterocycles. The van der Waals surface area contributed by atoms with Crippen molar-refractivity contribution in [2.45, 2.75) is 52.2 Å². The maximum absolute atomic E-state index is 12.1.